The van der Waals surface area contributed by atoms with Crippen LogP contribution in [-0.4, -0.2) is 7.11 Å². The van der Waals surface area contributed by atoms with Crippen molar-refractivity contribution in [2.24, 2.45) is 0 Å². The Bertz CT molecular complexity index is 751. The summed E-state index contributed by atoms with van der Waals surface area (Å²) in [5, 5.41) is 4.61. The van der Waals surface area contributed by atoms with Gasteiger partial charge in [-0.1, -0.05) is 40.2 Å². The van der Waals surface area contributed by atoms with Gasteiger partial charge in [0.25, 0.3) is 0 Å². The molecule has 3 rings (SSSR count). The maximum atomic E-state index is 5.56. The molecule has 1 aromatic heterocycles. The van der Waals surface area contributed by atoms with E-state index >= 15 is 0 Å². The van der Waals surface area contributed by atoms with Gasteiger partial charge in [0.2, 0.25) is 0 Å². The summed E-state index contributed by atoms with van der Waals surface area (Å²) in [6.45, 7) is 1.28. The molecular formula is C17H16BrNO2. The molecule has 0 aliphatic carbocycles. The topological polar surface area (TPSA) is 34.4 Å². The first-order valence-corrected chi connectivity index (χ1v) is 7.54. The van der Waals surface area contributed by atoms with Gasteiger partial charge in [0, 0.05) is 40.3 Å². The second-order valence-electron chi connectivity index (χ2n) is 4.81. The van der Waals surface area contributed by atoms with E-state index in [1.165, 1.54) is 0 Å². The third-order valence-electron chi connectivity index (χ3n) is 3.44. The fourth-order valence-electron chi connectivity index (χ4n) is 2.38. The fourth-order valence-corrected chi connectivity index (χ4v) is 2.86. The van der Waals surface area contributed by atoms with Crippen molar-refractivity contribution in [3.05, 3.63) is 64.3 Å². The van der Waals surface area contributed by atoms with Crippen LogP contribution in [-0.2, 0) is 17.9 Å². The molecule has 0 unspecified atom stereocenters. The van der Waals surface area contributed by atoms with Crippen molar-refractivity contribution in [1.82, 2.24) is 0 Å². The number of methoxy groups -OCH3 is 1. The van der Waals surface area contributed by atoms with Gasteiger partial charge in [-0.2, -0.15) is 0 Å². The van der Waals surface area contributed by atoms with E-state index in [9.17, 15) is 0 Å². The molecule has 108 valence electrons. The van der Waals surface area contributed by atoms with Crippen LogP contribution in [0.25, 0.3) is 11.0 Å². The Morgan fingerprint density at radius 3 is 2.86 bits per heavy atom. The predicted octanol–water partition coefficient (Wildman–Crippen LogP) is 4.95. The quantitative estimate of drug-likeness (QED) is 0.710. The minimum Gasteiger partial charge on any atom is -0.464 e. The van der Waals surface area contributed by atoms with Crippen molar-refractivity contribution in [1.29, 1.82) is 0 Å². The SMILES string of the molecule is COCc1c(Br)cccc1NCc1coc2ccccc12. The zero-order valence-electron chi connectivity index (χ0n) is 11.7. The monoisotopic (exact) mass is 345 g/mol. The first kappa shape index (κ1) is 14.2. The molecule has 4 heteroatoms. The average molecular weight is 346 g/mol. The molecule has 0 aliphatic heterocycles. The third-order valence-corrected chi connectivity index (χ3v) is 4.18. The highest BCUT2D eigenvalue weighted by molar-refractivity contribution is 9.10. The molecule has 3 aromatic rings. The lowest BCUT2D eigenvalue weighted by molar-refractivity contribution is 0.185. The fraction of sp³-hybridized carbons (Fsp3) is 0.176. The van der Waals surface area contributed by atoms with Crippen LogP contribution in [0.3, 0.4) is 0 Å². The van der Waals surface area contributed by atoms with E-state index in [-0.39, 0.29) is 0 Å². The minimum atomic E-state index is 0.565. The molecule has 0 atom stereocenters. The molecule has 3 nitrogen and oxygen atoms in total. The molecule has 1 N–H and O–H groups in total. The Kier molecular flexibility index (Phi) is 4.27. The van der Waals surface area contributed by atoms with E-state index in [1.807, 2.05) is 36.6 Å². The lowest BCUT2D eigenvalue weighted by atomic mass is 10.1. The van der Waals surface area contributed by atoms with Crippen molar-refractivity contribution in [2.75, 3.05) is 12.4 Å². The van der Waals surface area contributed by atoms with Gasteiger partial charge in [-0.05, 0) is 18.2 Å². The molecule has 0 amide bonds. The van der Waals surface area contributed by atoms with E-state index in [2.05, 4.69) is 33.4 Å². The number of hydrogen-bond acceptors (Lipinski definition) is 3. The first-order valence-electron chi connectivity index (χ1n) is 6.75. The number of para-hydroxylation sites is 1. The Morgan fingerprint density at radius 2 is 2.00 bits per heavy atom. The van der Waals surface area contributed by atoms with Crippen LogP contribution >= 0.6 is 15.9 Å². The van der Waals surface area contributed by atoms with Crippen LogP contribution in [0.4, 0.5) is 5.69 Å². The second kappa shape index (κ2) is 6.33. The number of hydrogen-bond donors (Lipinski definition) is 1. The maximum Gasteiger partial charge on any atom is 0.134 e. The zero-order valence-corrected chi connectivity index (χ0v) is 13.3. The van der Waals surface area contributed by atoms with Gasteiger partial charge in [0.05, 0.1) is 12.9 Å². The number of furan rings is 1. The largest absolute Gasteiger partial charge is 0.464 e. The van der Waals surface area contributed by atoms with Gasteiger partial charge in [0.1, 0.15) is 5.58 Å². The van der Waals surface area contributed by atoms with Crippen molar-refractivity contribution < 1.29 is 9.15 Å². The van der Waals surface area contributed by atoms with E-state index in [0.717, 1.165) is 32.3 Å². The third kappa shape index (κ3) is 2.96. The number of nitrogens with one attached hydrogen (secondary N) is 1. The van der Waals surface area contributed by atoms with Crippen LogP contribution < -0.4 is 5.32 Å². The first-order chi connectivity index (χ1) is 10.3. The summed E-state index contributed by atoms with van der Waals surface area (Å²) < 4.78 is 11.9. The van der Waals surface area contributed by atoms with E-state index in [1.54, 1.807) is 7.11 Å². The molecule has 21 heavy (non-hydrogen) atoms. The van der Waals surface area contributed by atoms with Crippen molar-refractivity contribution in [3.8, 4) is 0 Å². The van der Waals surface area contributed by atoms with E-state index < -0.39 is 0 Å². The second-order valence-corrected chi connectivity index (χ2v) is 5.66. The zero-order chi connectivity index (χ0) is 14.7. The van der Waals surface area contributed by atoms with Crippen LogP contribution in [0, 0.1) is 0 Å². The number of rotatable bonds is 5. The summed E-state index contributed by atoms with van der Waals surface area (Å²) in [6.07, 6.45) is 1.81. The molecule has 0 aliphatic rings. The molecule has 0 fully saturated rings. The van der Waals surface area contributed by atoms with Gasteiger partial charge in [-0.25, -0.2) is 0 Å². The Balaban J connectivity index is 1.83. The van der Waals surface area contributed by atoms with Crippen molar-refractivity contribution in [2.45, 2.75) is 13.2 Å². The highest BCUT2D eigenvalue weighted by Crippen LogP contribution is 2.27. The molecule has 0 radical (unpaired) electrons. The summed E-state index contributed by atoms with van der Waals surface area (Å²) in [6, 6.07) is 14.2. The number of ether oxygens (including phenoxy) is 1. The van der Waals surface area contributed by atoms with Crippen LogP contribution in [0.2, 0.25) is 0 Å². The Labute approximate surface area is 132 Å². The highest BCUT2D eigenvalue weighted by atomic mass is 79.9. The highest BCUT2D eigenvalue weighted by Gasteiger charge is 2.08. The van der Waals surface area contributed by atoms with Gasteiger partial charge < -0.3 is 14.5 Å². The molecule has 0 bridgehead atoms. The normalized spacial score (nSPS) is 11.0. The van der Waals surface area contributed by atoms with E-state index in [0.29, 0.717) is 13.2 Å². The average Bonchev–Trinajstić information content (AvgIpc) is 2.91. The van der Waals surface area contributed by atoms with Crippen LogP contribution in [0.1, 0.15) is 11.1 Å². The molecule has 1 heterocycles. The Morgan fingerprint density at radius 1 is 1.14 bits per heavy atom. The van der Waals surface area contributed by atoms with Gasteiger partial charge in [-0.3, -0.25) is 0 Å². The molecular weight excluding hydrogens is 330 g/mol. The van der Waals surface area contributed by atoms with Crippen molar-refractivity contribution >= 4 is 32.6 Å². The number of benzene rings is 2. The van der Waals surface area contributed by atoms with Gasteiger partial charge in [0.15, 0.2) is 0 Å². The van der Waals surface area contributed by atoms with Gasteiger partial charge >= 0.3 is 0 Å². The van der Waals surface area contributed by atoms with Crippen LogP contribution in [0.15, 0.2) is 57.6 Å². The Hall–Kier alpha value is -1.78. The molecule has 0 spiro atoms. The lowest BCUT2D eigenvalue weighted by Crippen LogP contribution is -2.03. The summed E-state index contributed by atoms with van der Waals surface area (Å²) in [5.74, 6) is 0. The lowest BCUT2D eigenvalue weighted by Gasteiger charge is -2.12. The number of anilines is 1. The van der Waals surface area contributed by atoms with Crippen LogP contribution in [0.5, 0.6) is 0 Å². The minimum absolute atomic E-state index is 0.565. The summed E-state index contributed by atoms with van der Waals surface area (Å²) in [5.41, 5.74) is 4.25. The summed E-state index contributed by atoms with van der Waals surface area (Å²) >= 11 is 3.57. The molecule has 2 aromatic carbocycles. The molecule has 0 saturated carbocycles. The predicted molar refractivity (Wildman–Crippen MR) is 88.4 cm³/mol. The van der Waals surface area contributed by atoms with Crippen molar-refractivity contribution in [3.63, 3.8) is 0 Å². The smallest absolute Gasteiger partial charge is 0.134 e. The summed E-state index contributed by atoms with van der Waals surface area (Å²) in [4.78, 5) is 0. The van der Waals surface area contributed by atoms with E-state index in [4.69, 9.17) is 9.15 Å². The molecule has 0 saturated heterocycles. The van der Waals surface area contributed by atoms with Gasteiger partial charge in [-0.15, -0.1) is 0 Å². The summed E-state index contributed by atoms with van der Waals surface area (Å²) in [7, 11) is 1.70. The number of fused-ring (bicyclic) bond motifs is 1. The standard InChI is InChI=1S/C17H16BrNO2/c1-20-11-14-15(18)6-4-7-16(14)19-9-12-10-21-17-8-3-2-5-13(12)17/h2-8,10,19H,9,11H2,1H3. The maximum absolute atomic E-state index is 5.56. The number of halogens is 1.